The Kier molecular flexibility index (Phi) is 5.32. The van der Waals surface area contributed by atoms with Gasteiger partial charge in [0.05, 0.1) is 12.2 Å². The number of sulfonamides is 1. The Labute approximate surface area is 136 Å². The van der Waals surface area contributed by atoms with Crippen LogP contribution in [0.1, 0.15) is 32.1 Å². The molecule has 2 rings (SSSR count). The minimum atomic E-state index is -3.54. The average molecular weight is 348 g/mol. The Hall–Kier alpha value is -1.19. The van der Waals surface area contributed by atoms with Crippen LogP contribution >= 0.6 is 0 Å². The van der Waals surface area contributed by atoms with Crippen molar-refractivity contribution >= 4 is 21.9 Å². The predicted octanol–water partition coefficient (Wildman–Crippen LogP) is -0.514. The van der Waals surface area contributed by atoms with Gasteiger partial charge in [-0.15, -0.1) is 0 Å². The number of carbonyl (C=O) groups is 2. The monoisotopic (exact) mass is 348 g/mol. The highest BCUT2D eigenvalue weighted by atomic mass is 32.2. The molecule has 1 amide bonds. The average Bonchev–Trinajstić information content (AvgIpc) is 2.70. The lowest BCUT2D eigenvalue weighted by atomic mass is 9.83. The summed E-state index contributed by atoms with van der Waals surface area (Å²) >= 11 is 0. The lowest BCUT2D eigenvalue weighted by Gasteiger charge is -2.35. The topological polar surface area (TPSA) is 115 Å². The summed E-state index contributed by atoms with van der Waals surface area (Å²) in [6.07, 6.45) is 4.25. The minimum absolute atomic E-state index is 0.0461. The summed E-state index contributed by atoms with van der Waals surface area (Å²) in [6, 6.07) is 0. The van der Waals surface area contributed by atoms with Crippen molar-refractivity contribution in [2.24, 2.45) is 5.92 Å². The van der Waals surface area contributed by atoms with Gasteiger partial charge in [0.25, 0.3) is 5.91 Å². The van der Waals surface area contributed by atoms with Crippen LogP contribution in [0, 0.1) is 5.92 Å². The third-order valence-electron chi connectivity index (χ3n) is 4.67. The lowest BCUT2D eigenvalue weighted by Crippen LogP contribution is -2.52. The zero-order valence-corrected chi connectivity index (χ0v) is 14.1. The molecule has 0 spiro atoms. The molecule has 2 aliphatic rings. The SMILES string of the molecule is CS(=O)(=O)N1CCN(C(=O)C2(O)CCCCC2)C[C@H](C(=O)O)C1. The Morgan fingerprint density at radius 3 is 2.22 bits per heavy atom. The van der Waals surface area contributed by atoms with Crippen LogP contribution in [-0.2, 0) is 19.6 Å². The van der Waals surface area contributed by atoms with Crippen molar-refractivity contribution in [2.75, 3.05) is 32.4 Å². The molecule has 8 nitrogen and oxygen atoms in total. The molecule has 132 valence electrons. The van der Waals surface area contributed by atoms with E-state index in [2.05, 4.69) is 0 Å². The molecular formula is C14H24N2O6S. The maximum atomic E-state index is 12.7. The van der Waals surface area contributed by atoms with Crippen molar-refractivity contribution in [1.82, 2.24) is 9.21 Å². The van der Waals surface area contributed by atoms with Gasteiger partial charge >= 0.3 is 5.97 Å². The fourth-order valence-electron chi connectivity index (χ4n) is 3.27. The molecule has 23 heavy (non-hydrogen) atoms. The van der Waals surface area contributed by atoms with Crippen molar-refractivity contribution in [3.8, 4) is 0 Å². The number of carbonyl (C=O) groups excluding carboxylic acids is 1. The molecule has 0 bridgehead atoms. The standard InChI is InChI=1S/C14H24N2O6S/c1-23(21,22)16-8-7-15(9-11(10-16)12(17)18)13(19)14(20)5-3-2-4-6-14/h11,20H,2-10H2,1H3,(H,17,18)/t11-/m0/s1. The molecule has 1 atom stereocenters. The number of rotatable bonds is 3. The molecule has 1 heterocycles. The van der Waals surface area contributed by atoms with Crippen LogP contribution in [0.3, 0.4) is 0 Å². The Morgan fingerprint density at radius 2 is 1.70 bits per heavy atom. The second-order valence-electron chi connectivity index (χ2n) is 6.50. The summed E-state index contributed by atoms with van der Waals surface area (Å²) in [5.74, 6) is -2.61. The maximum absolute atomic E-state index is 12.7. The predicted molar refractivity (Wildman–Crippen MR) is 82.2 cm³/mol. The van der Waals surface area contributed by atoms with E-state index in [1.807, 2.05) is 0 Å². The molecular weight excluding hydrogens is 324 g/mol. The van der Waals surface area contributed by atoms with Crippen LogP contribution in [0.15, 0.2) is 0 Å². The molecule has 1 saturated heterocycles. The number of nitrogens with zero attached hydrogens (tertiary/aromatic N) is 2. The third-order valence-corrected chi connectivity index (χ3v) is 5.94. The molecule has 2 N–H and O–H groups in total. The van der Waals surface area contributed by atoms with E-state index < -0.39 is 33.4 Å². The van der Waals surface area contributed by atoms with Gasteiger partial charge in [-0.1, -0.05) is 19.3 Å². The number of hydrogen-bond donors (Lipinski definition) is 2. The molecule has 9 heteroatoms. The first-order valence-electron chi connectivity index (χ1n) is 7.83. The molecule has 1 aliphatic carbocycles. The number of carboxylic acid groups (broad SMARTS) is 1. The van der Waals surface area contributed by atoms with Gasteiger partial charge in [-0.2, -0.15) is 4.31 Å². The normalized spacial score (nSPS) is 26.5. The molecule has 0 aromatic heterocycles. The highest BCUT2D eigenvalue weighted by Crippen LogP contribution is 2.30. The van der Waals surface area contributed by atoms with E-state index in [-0.39, 0.29) is 26.2 Å². The molecule has 0 aromatic rings. The van der Waals surface area contributed by atoms with Gasteiger partial charge in [0.15, 0.2) is 0 Å². The van der Waals surface area contributed by atoms with E-state index in [4.69, 9.17) is 0 Å². The zero-order chi connectivity index (χ0) is 17.3. The van der Waals surface area contributed by atoms with Crippen molar-refractivity contribution < 1.29 is 28.2 Å². The summed E-state index contributed by atoms with van der Waals surface area (Å²) in [5.41, 5.74) is -1.44. The molecule has 0 aromatic carbocycles. The highest BCUT2D eigenvalue weighted by Gasteiger charge is 2.42. The smallest absolute Gasteiger partial charge is 0.309 e. The van der Waals surface area contributed by atoms with Gasteiger partial charge < -0.3 is 15.1 Å². The lowest BCUT2D eigenvalue weighted by molar-refractivity contribution is -0.156. The quantitative estimate of drug-likeness (QED) is 0.709. The van der Waals surface area contributed by atoms with E-state index >= 15 is 0 Å². The van der Waals surface area contributed by atoms with E-state index in [1.54, 1.807) is 0 Å². The number of aliphatic hydroxyl groups is 1. The van der Waals surface area contributed by atoms with E-state index in [0.29, 0.717) is 12.8 Å². The van der Waals surface area contributed by atoms with Gasteiger partial charge in [-0.3, -0.25) is 9.59 Å². The van der Waals surface area contributed by atoms with Crippen LogP contribution in [0.5, 0.6) is 0 Å². The fraction of sp³-hybridized carbons (Fsp3) is 0.857. The van der Waals surface area contributed by atoms with Crippen LogP contribution < -0.4 is 0 Å². The van der Waals surface area contributed by atoms with Crippen LogP contribution in [0.2, 0.25) is 0 Å². The summed E-state index contributed by atoms with van der Waals surface area (Å²) < 4.78 is 24.5. The molecule has 1 aliphatic heterocycles. The molecule has 2 fully saturated rings. The van der Waals surface area contributed by atoms with Gasteiger partial charge in [-0.25, -0.2) is 8.42 Å². The first-order chi connectivity index (χ1) is 10.6. The van der Waals surface area contributed by atoms with Crippen molar-refractivity contribution in [2.45, 2.75) is 37.7 Å². The number of carboxylic acids is 1. The number of amides is 1. The first-order valence-corrected chi connectivity index (χ1v) is 9.68. The Bertz CT molecular complexity index is 570. The number of hydrogen-bond acceptors (Lipinski definition) is 5. The van der Waals surface area contributed by atoms with Gasteiger partial charge in [0.1, 0.15) is 5.60 Å². The minimum Gasteiger partial charge on any atom is -0.481 e. The Balaban J connectivity index is 2.19. The summed E-state index contributed by atoms with van der Waals surface area (Å²) in [5, 5.41) is 19.9. The zero-order valence-electron chi connectivity index (χ0n) is 13.3. The van der Waals surface area contributed by atoms with E-state index in [0.717, 1.165) is 29.8 Å². The molecule has 1 saturated carbocycles. The second-order valence-corrected chi connectivity index (χ2v) is 8.48. The largest absolute Gasteiger partial charge is 0.481 e. The van der Waals surface area contributed by atoms with Crippen molar-refractivity contribution in [3.05, 3.63) is 0 Å². The van der Waals surface area contributed by atoms with Crippen LogP contribution in [-0.4, -0.2) is 77.7 Å². The molecule has 0 radical (unpaired) electrons. The van der Waals surface area contributed by atoms with Gasteiger partial charge in [-0.05, 0) is 12.8 Å². The summed E-state index contributed by atoms with van der Waals surface area (Å²) in [4.78, 5) is 25.4. The third kappa shape index (κ3) is 4.21. The van der Waals surface area contributed by atoms with Crippen LogP contribution in [0.25, 0.3) is 0 Å². The number of aliphatic carboxylic acids is 1. The van der Waals surface area contributed by atoms with E-state index in [9.17, 15) is 28.2 Å². The molecule has 0 unspecified atom stereocenters. The van der Waals surface area contributed by atoms with Gasteiger partial charge in [0.2, 0.25) is 10.0 Å². The maximum Gasteiger partial charge on any atom is 0.309 e. The van der Waals surface area contributed by atoms with Crippen molar-refractivity contribution in [3.63, 3.8) is 0 Å². The van der Waals surface area contributed by atoms with Gasteiger partial charge in [0, 0.05) is 26.2 Å². The summed E-state index contributed by atoms with van der Waals surface area (Å²) in [6.45, 7) is -0.0959. The van der Waals surface area contributed by atoms with E-state index in [1.165, 1.54) is 4.90 Å². The summed E-state index contributed by atoms with van der Waals surface area (Å²) in [7, 11) is -3.54. The second kappa shape index (κ2) is 6.74. The van der Waals surface area contributed by atoms with Crippen LogP contribution in [0.4, 0.5) is 0 Å². The van der Waals surface area contributed by atoms with Crippen molar-refractivity contribution in [1.29, 1.82) is 0 Å². The first kappa shape index (κ1) is 18.2. The fourth-order valence-corrected chi connectivity index (χ4v) is 4.14. The highest BCUT2D eigenvalue weighted by molar-refractivity contribution is 7.88. The Morgan fingerprint density at radius 1 is 1.09 bits per heavy atom.